The van der Waals surface area contributed by atoms with Crippen LogP contribution < -0.4 is 0 Å². The van der Waals surface area contributed by atoms with Crippen molar-refractivity contribution in [3.05, 3.63) is 0 Å². The molecule has 1 heterocycles. The zero-order valence-corrected chi connectivity index (χ0v) is 5.85. The predicted molar refractivity (Wildman–Crippen MR) is 34.4 cm³/mol. The summed E-state index contributed by atoms with van der Waals surface area (Å²) in [7, 11) is 0. The highest BCUT2D eigenvalue weighted by Gasteiger charge is 2.27. The van der Waals surface area contributed by atoms with E-state index in [-0.39, 0.29) is 5.44 Å². The van der Waals surface area contributed by atoms with Gasteiger partial charge in [-0.2, -0.15) is 0 Å². The number of carboxylic acid groups (broad SMARTS) is 1. The summed E-state index contributed by atoms with van der Waals surface area (Å²) < 4.78 is 4.99. The fourth-order valence-electron chi connectivity index (χ4n) is 0.662. The van der Waals surface area contributed by atoms with E-state index in [0.29, 0.717) is 5.75 Å². The molecular formula is C5H8O3S. The number of carboxylic acids is 1. The molecule has 9 heavy (non-hydrogen) atoms. The van der Waals surface area contributed by atoms with Crippen molar-refractivity contribution in [2.75, 3.05) is 5.75 Å². The molecule has 0 radical (unpaired) electrons. The SMILES string of the molecule is C[C@H]1O[C@@H](C(=O)O)CS1. The fraction of sp³-hybridized carbons (Fsp3) is 0.800. The molecule has 1 fully saturated rings. The molecule has 0 amide bonds. The Hall–Kier alpha value is -0.220. The summed E-state index contributed by atoms with van der Waals surface area (Å²) >= 11 is 1.53. The average molecular weight is 148 g/mol. The maximum atomic E-state index is 10.2. The lowest BCUT2D eigenvalue weighted by atomic mass is 10.4. The van der Waals surface area contributed by atoms with Crippen LogP contribution in [-0.4, -0.2) is 28.4 Å². The molecule has 0 spiro atoms. The van der Waals surface area contributed by atoms with Gasteiger partial charge in [0.1, 0.15) is 5.44 Å². The second-order valence-electron chi connectivity index (χ2n) is 1.86. The van der Waals surface area contributed by atoms with Gasteiger partial charge < -0.3 is 9.84 Å². The molecule has 0 aromatic heterocycles. The molecule has 0 unspecified atom stereocenters. The van der Waals surface area contributed by atoms with Crippen molar-refractivity contribution in [2.24, 2.45) is 0 Å². The Morgan fingerprint density at radius 1 is 1.89 bits per heavy atom. The van der Waals surface area contributed by atoms with E-state index in [1.54, 1.807) is 0 Å². The molecule has 1 rings (SSSR count). The molecule has 4 heteroatoms. The third kappa shape index (κ3) is 1.59. The zero-order chi connectivity index (χ0) is 6.85. The van der Waals surface area contributed by atoms with Crippen molar-refractivity contribution >= 4 is 17.7 Å². The Kier molecular flexibility index (Phi) is 1.97. The van der Waals surface area contributed by atoms with Gasteiger partial charge in [-0.25, -0.2) is 4.79 Å². The number of thioether (sulfide) groups is 1. The monoisotopic (exact) mass is 148 g/mol. The highest BCUT2D eigenvalue weighted by Crippen LogP contribution is 2.24. The Morgan fingerprint density at radius 2 is 2.56 bits per heavy atom. The first-order chi connectivity index (χ1) is 4.20. The van der Waals surface area contributed by atoms with E-state index in [1.165, 1.54) is 11.8 Å². The molecular weight excluding hydrogens is 140 g/mol. The second kappa shape index (κ2) is 2.58. The topological polar surface area (TPSA) is 46.5 Å². The fourth-order valence-corrected chi connectivity index (χ4v) is 1.54. The number of hydrogen-bond acceptors (Lipinski definition) is 3. The molecule has 0 aromatic carbocycles. The van der Waals surface area contributed by atoms with Gasteiger partial charge in [-0.1, -0.05) is 0 Å². The molecule has 1 aliphatic rings. The zero-order valence-electron chi connectivity index (χ0n) is 5.03. The van der Waals surface area contributed by atoms with E-state index < -0.39 is 12.1 Å². The van der Waals surface area contributed by atoms with Crippen molar-refractivity contribution in [1.29, 1.82) is 0 Å². The lowest BCUT2D eigenvalue weighted by Gasteiger charge is -2.01. The van der Waals surface area contributed by atoms with E-state index in [4.69, 9.17) is 9.84 Å². The third-order valence-electron chi connectivity index (χ3n) is 1.11. The predicted octanol–water partition coefficient (Wildman–Crippen LogP) is 0.549. The molecule has 0 saturated carbocycles. The van der Waals surface area contributed by atoms with Gasteiger partial charge in [0.15, 0.2) is 6.10 Å². The summed E-state index contributed by atoms with van der Waals surface area (Å²) in [6.45, 7) is 1.85. The van der Waals surface area contributed by atoms with E-state index in [1.807, 2.05) is 6.92 Å². The van der Waals surface area contributed by atoms with Crippen LogP contribution in [0.4, 0.5) is 0 Å². The summed E-state index contributed by atoms with van der Waals surface area (Å²) in [6, 6.07) is 0. The van der Waals surface area contributed by atoms with E-state index >= 15 is 0 Å². The standard InChI is InChI=1S/C5H8O3S/c1-3-8-4(2-9-3)5(6)7/h3-4H,2H2,1H3,(H,6,7)/t3-,4+/m0/s1. The highest BCUT2D eigenvalue weighted by molar-refractivity contribution is 8.00. The molecule has 0 aromatic rings. The van der Waals surface area contributed by atoms with Crippen molar-refractivity contribution in [2.45, 2.75) is 18.5 Å². The summed E-state index contributed by atoms with van der Waals surface area (Å²) in [5, 5.41) is 8.39. The number of rotatable bonds is 1. The van der Waals surface area contributed by atoms with Gasteiger partial charge in [0.05, 0.1) is 0 Å². The number of aliphatic carboxylic acids is 1. The highest BCUT2D eigenvalue weighted by atomic mass is 32.2. The average Bonchev–Trinajstić information content (AvgIpc) is 2.14. The van der Waals surface area contributed by atoms with Gasteiger partial charge in [-0.3, -0.25) is 0 Å². The van der Waals surface area contributed by atoms with E-state index in [0.717, 1.165) is 0 Å². The number of hydrogen-bond donors (Lipinski definition) is 1. The minimum absolute atomic E-state index is 0.0473. The summed E-state index contributed by atoms with van der Waals surface area (Å²) in [5.41, 5.74) is 0.0473. The van der Waals surface area contributed by atoms with Crippen LogP contribution >= 0.6 is 11.8 Å². The maximum Gasteiger partial charge on any atom is 0.333 e. The van der Waals surface area contributed by atoms with Crippen LogP contribution in [0.5, 0.6) is 0 Å². The van der Waals surface area contributed by atoms with Crippen molar-refractivity contribution in [3.8, 4) is 0 Å². The van der Waals surface area contributed by atoms with E-state index in [9.17, 15) is 4.79 Å². The molecule has 2 atom stereocenters. The molecule has 1 aliphatic heterocycles. The van der Waals surface area contributed by atoms with Crippen LogP contribution in [0.3, 0.4) is 0 Å². The Labute approximate surface area is 57.4 Å². The second-order valence-corrected chi connectivity index (χ2v) is 3.19. The maximum absolute atomic E-state index is 10.2. The van der Waals surface area contributed by atoms with Gasteiger partial charge in [-0.05, 0) is 6.92 Å². The first-order valence-electron chi connectivity index (χ1n) is 2.70. The number of ether oxygens (including phenoxy) is 1. The van der Waals surface area contributed by atoms with Crippen molar-refractivity contribution in [3.63, 3.8) is 0 Å². The summed E-state index contributed by atoms with van der Waals surface area (Å²) in [4.78, 5) is 10.2. The molecule has 0 bridgehead atoms. The van der Waals surface area contributed by atoms with Gasteiger partial charge in [0.2, 0.25) is 0 Å². The van der Waals surface area contributed by atoms with Crippen LogP contribution in [0.25, 0.3) is 0 Å². The quantitative estimate of drug-likeness (QED) is 0.590. The van der Waals surface area contributed by atoms with Crippen LogP contribution in [0.2, 0.25) is 0 Å². The third-order valence-corrected chi connectivity index (χ3v) is 2.19. The van der Waals surface area contributed by atoms with Crippen molar-refractivity contribution in [1.82, 2.24) is 0 Å². The van der Waals surface area contributed by atoms with Crippen LogP contribution in [-0.2, 0) is 9.53 Å². The first-order valence-corrected chi connectivity index (χ1v) is 3.75. The smallest absolute Gasteiger partial charge is 0.333 e. The minimum Gasteiger partial charge on any atom is -0.479 e. The Bertz CT molecular complexity index is 125. The van der Waals surface area contributed by atoms with Gasteiger partial charge in [0, 0.05) is 5.75 Å². The summed E-state index contributed by atoms with van der Waals surface area (Å²) in [6.07, 6.45) is -0.579. The van der Waals surface area contributed by atoms with Crippen LogP contribution in [0.15, 0.2) is 0 Å². The van der Waals surface area contributed by atoms with Gasteiger partial charge >= 0.3 is 5.97 Å². The molecule has 3 nitrogen and oxygen atoms in total. The minimum atomic E-state index is -0.855. The van der Waals surface area contributed by atoms with Gasteiger partial charge in [0.25, 0.3) is 0 Å². The lowest BCUT2D eigenvalue weighted by Crippen LogP contribution is -2.21. The molecule has 52 valence electrons. The van der Waals surface area contributed by atoms with Crippen LogP contribution in [0, 0.1) is 0 Å². The molecule has 0 aliphatic carbocycles. The lowest BCUT2D eigenvalue weighted by molar-refractivity contribution is -0.148. The first kappa shape index (κ1) is 6.89. The molecule has 1 N–H and O–H groups in total. The largest absolute Gasteiger partial charge is 0.479 e. The normalized spacial score (nSPS) is 34.8. The van der Waals surface area contributed by atoms with Crippen LogP contribution in [0.1, 0.15) is 6.92 Å². The molecule has 1 saturated heterocycles. The number of carbonyl (C=O) groups is 1. The van der Waals surface area contributed by atoms with Crippen molar-refractivity contribution < 1.29 is 14.6 Å². The van der Waals surface area contributed by atoms with Gasteiger partial charge in [-0.15, -0.1) is 11.8 Å². The Balaban J connectivity index is 2.39. The van der Waals surface area contributed by atoms with E-state index in [2.05, 4.69) is 0 Å². The Morgan fingerprint density at radius 3 is 2.78 bits per heavy atom. The summed E-state index contributed by atoms with van der Waals surface area (Å²) in [5.74, 6) is -0.275.